The molecule has 0 saturated carbocycles. The predicted octanol–water partition coefficient (Wildman–Crippen LogP) is 2.63. The Bertz CT molecular complexity index is 606. The highest BCUT2D eigenvalue weighted by atomic mass is 16.7. The first kappa shape index (κ1) is 11.8. The number of fused-ring (bicyclic) bond motifs is 2. The minimum Gasteiger partial charge on any atom is -0.454 e. The van der Waals surface area contributed by atoms with E-state index in [0.29, 0.717) is 19.1 Å². The van der Waals surface area contributed by atoms with E-state index in [-0.39, 0.29) is 0 Å². The second-order valence-electron chi connectivity index (χ2n) is 5.56. The molecule has 0 unspecified atom stereocenters. The Hall–Kier alpha value is -1.97. The van der Waals surface area contributed by atoms with Gasteiger partial charge in [-0.2, -0.15) is 0 Å². The van der Waals surface area contributed by atoms with Gasteiger partial charge in [0.05, 0.1) is 0 Å². The Morgan fingerprint density at radius 2 is 2.00 bits per heavy atom. The molecule has 4 rings (SSSR count). The lowest BCUT2D eigenvalue weighted by Crippen LogP contribution is -2.31. The van der Waals surface area contributed by atoms with E-state index in [2.05, 4.69) is 12.1 Å². The molecule has 20 heavy (non-hydrogen) atoms. The van der Waals surface area contributed by atoms with Gasteiger partial charge in [0.1, 0.15) is 0 Å². The standard InChI is InChI=1S/C16H17NO3/c18-16-3-1-2-13-12(6-7-17(13)16)8-11-4-5-14-15(9-11)20-10-19-14/h4-5,9H,1-3,6-8,10H2. The first-order chi connectivity index (χ1) is 9.81. The molecule has 0 atom stereocenters. The molecule has 1 fully saturated rings. The van der Waals surface area contributed by atoms with E-state index in [9.17, 15) is 4.79 Å². The summed E-state index contributed by atoms with van der Waals surface area (Å²) in [6, 6.07) is 6.12. The van der Waals surface area contributed by atoms with Crippen LogP contribution in [0.4, 0.5) is 0 Å². The van der Waals surface area contributed by atoms with Crippen LogP contribution in [0.1, 0.15) is 31.2 Å². The molecule has 104 valence electrons. The van der Waals surface area contributed by atoms with Crippen molar-refractivity contribution in [2.45, 2.75) is 32.1 Å². The van der Waals surface area contributed by atoms with Crippen LogP contribution in [0.25, 0.3) is 0 Å². The number of amides is 1. The van der Waals surface area contributed by atoms with E-state index in [0.717, 1.165) is 43.7 Å². The van der Waals surface area contributed by atoms with Gasteiger partial charge in [-0.3, -0.25) is 4.79 Å². The third-order valence-electron chi connectivity index (χ3n) is 4.33. The molecule has 0 bridgehead atoms. The molecule has 0 aliphatic carbocycles. The second-order valence-corrected chi connectivity index (χ2v) is 5.56. The van der Waals surface area contributed by atoms with Crippen molar-refractivity contribution in [2.75, 3.05) is 13.3 Å². The quantitative estimate of drug-likeness (QED) is 0.830. The van der Waals surface area contributed by atoms with Crippen molar-refractivity contribution in [2.24, 2.45) is 0 Å². The number of benzene rings is 1. The summed E-state index contributed by atoms with van der Waals surface area (Å²) in [5, 5.41) is 0. The van der Waals surface area contributed by atoms with Gasteiger partial charge in [0.15, 0.2) is 11.5 Å². The second kappa shape index (κ2) is 4.54. The van der Waals surface area contributed by atoms with Gasteiger partial charge in [-0.15, -0.1) is 0 Å². The number of piperidine rings is 1. The molecule has 1 aromatic carbocycles. The first-order valence-corrected chi connectivity index (χ1v) is 7.21. The van der Waals surface area contributed by atoms with Crippen molar-refractivity contribution in [3.8, 4) is 11.5 Å². The zero-order valence-corrected chi connectivity index (χ0v) is 11.4. The fourth-order valence-corrected chi connectivity index (χ4v) is 3.33. The molecule has 0 radical (unpaired) electrons. The Kier molecular flexibility index (Phi) is 2.69. The molecule has 4 heteroatoms. The number of hydrogen-bond donors (Lipinski definition) is 0. The van der Waals surface area contributed by atoms with Crippen molar-refractivity contribution in [3.05, 3.63) is 35.0 Å². The molecule has 1 amide bonds. The molecule has 1 aromatic rings. The SMILES string of the molecule is O=C1CCCC2=C(Cc3ccc4c(c3)OCO4)CCN12. The highest BCUT2D eigenvalue weighted by molar-refractivity contribution is 5.80. The summed E-state index contributed by atoms with van der Waals surface area (Å²) < 4.78 is 10.8. The summed E-state index contributed by atoms with van der Waals surface area (Å²) in [4.78, 5) is 13.9. The fourth-order valence-electron chi connectivity index (χ4n) is 3.33. The van der Waals surface area contributed by atoms with Crippen LogP contribution in [0, 0.1) is 0 Å². The van der Waals surface area contributed by atoms with Crippen LogP contribution < -0.4 is 9.47 Å². The lowest BCUT2D eigenvalue weighted by molar-refractivity contribution is -0.130. The van der Waals surface area contributed by atoms with E-state index in [4.69, 9.17) is 9.47 Å². The average Bonchev–Trinajstić information content (AvgIpc) is 3.06. The third kappa shape index (κ3) is 1.87. The number of hydrogen-bond acceptors (Lipinski definition) is 3. The number of allylic oxidation sites excluding steroid dienone is 1. The molecule has 0 aromatic heterocycles. The van der Waals surface area contributed by atoms with Crippen molar-refractivity contribution in [1.29, 1.82) is 0 Å². The van der Waals surface area contributed by atoms with Gasteiger partial charge in [0, 0.05) is 18.7 Å². The van der Waals surface area contributed by atoms with Crippen molar-refractivity contribution in [3.63, 3.8) is 0 Å². The summed E-state index contributed by atoms with van der Waals surface area (Å²) >= 11 is 0. The van der Waals surface area contributed by atoms with Gasteiger partial charge in [-0.1, -0.05) is 6.07 Å². The monoisotopic (exact) mass is 271 g/mol. The van der Waals surface area contributed by atoms with E-state index >= 15 is 0 Å². The van der Waals surface area contributed by atoms with Crippen LogP contribution in [0.2, 0.25) is 0 Å². The molecule has 3 aliphatic heterocycles. The summed E-state index contributed by atoms with van der Waals surface area (Å²) in [6.07, 6.45) is 4.67. The lowest BCUT2D eigenvalue weighted by Gasteiger charge is -2.25. The summed E-state index contributed by atoms with van der Waals surface area (Å²) in [7, 11) is 0. The largest absolute Gasteiger partial charge is 0.454 e. The molecular formula is C16H17NO3. The number of nitrogens with zero attached hydrogens (tertiary/aromatic N) is 1. The van der Waals surface area contributed by atoms with Crippen LogP contribution in [0.5, 0.6) is 11.5 Å². The zero-order chi connectivity index (χ0) is 13.5. The van der Waals surface area contributed by atoms with E-state index in [1.807, 2.05) is 11.0 Å². The third-order valence-corrected chi connectivity index (χ3v) is 4.33. The summed E-state index contributed by atoms with van der Waals surface area (Å²) in [5.74, 6) is 1.96. The van der Waals surface area contributed by atoms with E-state index in [1.165, 1.54) is 16.8 Å². The molecular weight excluding hydrogens is 254 g/mol. The van der Waals surface area contributed by atoms with Crippen LogP contribution in [-0.4, -0.2) is 24.1 Å². The maximum absolute atomic E-state index is 11.9. The molecule has 0 spiro atoms. The highest BCUT2D eigenvalue weighted by Gasteiger charge is 2.30. The van der Waals surface area contributed by atoms with E-state index < -0.39 is 0 Å². The van der Waals surface area contributed by atoms with Gasteiger partial charge in [-0.25, -0.2) is 0 Å². The number of carbonyl (C=O) groups is 1. The lowest BCUT2D eigenvalue weighted by atomic mass is 9.99. The van der Waals surface area contributed by atoms with Crippen LogP contribution >= 0.6 is 0 Å². The topological polar surface area (TPSA) is 38.8 Å². The Balaban J connectivity index is 1.60. The van der Waals surface area contributed by atoms with Crippen LogP contribution in [0.3, 0.4) is 0 Å². The van der Waals surface area contributed by atoms with Crippen molar-refractivity contribution < 1.29 is 14.3 Å². The smallest absolute Gasteiger partial charge is 0.231 e. The minimum absolute atomic E-state index is 0.298. The molecule has 4 nitrogen and oxygen atoms in total. The molecule has 1 saturated heterocycles. The molecule has 3 aliphatic rings. The molecule has 3 heterocycles. The summed E-state index contributed by atoms with van der Waals surface area (Å²) in [5.41, 5.74) is 3.92. The number of rotatable bonds is 2. The van der Waals surface area contributed by atoms with Crippen molar-refractivity contribution >= 4 is 5.91 Å². The van der Waals surface area contributed by atoms with E-state index in [1.54, 1.807) is 0 Å². The van der Waals surface area contributed by atoms with Crippen molar-refractivity contribution in [1.82, 2.24) is 4.90 Å². The van der Waals surface area contributed by atoms with Gasteiger partial charge in [0.25, 0.3) is 0 Å². The number of carbonyl (C=O) groups excluding carboxylic acids is 1. The first-order valence-electron chi connectivity index (χ1n) is 7.21. The summed E-state index contributed by atoms with van der Waals surface area (Å²) in [6.45, 7) is 1.18. The van der Waals surface area contributed by atoms with Crippen LogP contribution in [0.15, 0.2) is 29.5 Å². The highest BCUT2D eigenvalue weighted by Crippen LogP contribution is 2.36. The van der Waals surface area contributed by atoms with Crippen LogP contribution in [-0.2, 0) is 11.2 Å². The maximum atomic E-state index is 11.9. The Labute approximate surface area is 118 Å². The maximum Gasteiger partial charge on any atom is 0.231 e. The van der Waals surface area contributed by atoms with Gasteiger partial charge in [-0.05, 0) is 49.0 Å². The van der Waals surface area contributed by atoms with Gasteiger partial charge in [0.2, 0.25) is 12.7 Å². The zero-order valence-electron chi connectivity index (χ0n) is 11.4. The Morgan fingerprint density at radius 3 is 2.95 bits per heavy atom. The van der Waals surface area contributed by atoms with Gasteiger partial charge >= 0.3 is 0 Å². The fraction of sp³-hybridized carbons (Fsp3) is 0.438. The van der Waals surface area contributed by atoms with Gasteiger partial charge < -0.3 is 14.4 Å². The minimum atomic E-state index is 0.298. The normalized spacial score (nSPS) is 20.6. The number of ether oxygens (including phenoxy) is 2. The predicted molar refractivity (Wildman–Crippen MR) is 73.5 cm³/mol. The average molecular weight is 271 g/mol. The Morgan fingerprint density at radius 1 is 1.10 bits per heavy atom. The molecule has 0 N–H and O–H groups in total.